The summed E-state index contributed by atoms with van der Waals surface area (Å²) < 4.78 is 0. The lowest BCUT2D eigenvalue weighted by Crippen LogP contribution is -2.20. The normalized spacial score (nSPS) is 35.2. The standard InChI is InChI=1S/C10H19Br/c1-3-9-5-4-6-10(7-9)8(2)11/h8-10H,3-7H2,1-2H3. The number of alkyl halides is 1. The fourth-order valence-corrected chi connectivity index (χ4v) is 2.60. The lowest BCUT2D eigenvalue weighted by molar-refractivity contribution is 0.262. The molecule has 3 atom stereocenters. The zero-order valence-electron chi connectivity index (χ0n) is 7.65. The van der Waals surface area contributed by atoms with Gasteiger partial charge < -0.3 is 0 Å². The van der Waals surface area contributed by atoms with Crippen LogP contribution in [0, 0.1) is 11.8 Å². The van der Waals surface area contributed by atoms with E-state index >= 15 is 0 Å². The maximum Gasteiger partial charge on any atom is 0.0145 e. The molecule has 3 unspecified atom stereocenters. The first-order valence-electron chi connectivity index (χ1n) is 4.88. The predicted molar refractivity (Wildman–Crippen MR) is 54.1 cm³/mol. The molecule has 1 rings (SSSR count). The minimum Gasteiger partial charge on any atom is -0.0891 e. The summed E-state index contributed by atoms with van der Waals surface area (Å²) >= 11 is 3.69. The summed E-state index contributed by atoms with van der Waals surface area (Å²) in [4.78, 5) is 0.733. The first-order valence-corrected chi connectivity index (χ1v) is 5.79. The summed E-state index contributed by atoms with van der Waals surface area (Å²) in [5.41, 5.74) is 0. The van der Waals surface area contributed by atoms with E-state index in [-0.39, 0.29) is 0 Å². The summed E-state index contributed by atoms with van der Waals surface area (Å²) in [5.74, 6) is 1.97. The summed E-state index contributed by atoms with van der Waals surface area (Å²) in [6.07, 6.45) is 7.23. The Morgan fingerprint density at radius 2 is 2.18 bits per heavy atom. The predicted octanol–water partition coefficient (Wildman–Crippen LogP) is 3.99. The summed E-state index contributed by atoms with van der Waals surface area (Å²) in [6.45, 7) is 4.62. The molecule has 0 aromatic rings. The number of rotatable bonds is 2. The Hall–Kier alpha value is 0.480. The van der Waals surface area contributed by atoms with Crippen LogP contribution in [0.3, 0.4) is 0 Å². The lowest BCUT2D eigenvalue weighted by Gasteiger charge is -2.30. The van der Waals surface area contributed by atoms with Gasteiger partial charge in [0.1, 0.15) is 0 Å². The Balaban J connectivity index is 2.33. The highest BCUT2D eigenvalue weighted by atomic mass is 79.9. The monoisotopic (exact) mass is 218 g/mol. The molecule has 66 valence electrons. The molecule has 1 aliphatic carbocycles. The Labute approximate surface area is 78.9 Å². The molecule has 0 spiro atoms. The molecule has 0 N–H and O–H groups in total. The number of hydrogen-bond donors (Lipinski definition) is 0. The van der Waals surface area contributed by atoms with Crippen molar-refractivity contribution in [3.8, 4) is 0 Å². The van der Waals surface area contributed by atoms with Crippen LogP contribution in [0.1, 0.15) is 46.0 Å². The Morgan fingerprint density at radius 3 is 2.73 bits per heavy atom. The zero-order valence-corrected chi connectivity index (χ0v) is 9.23. The third kappa shape index (κ3) is 2.77. The molecule has 0 amide bonds. The largest absolute Gasteiger partial charge is 0.0891 e. The molecule has 1 fully saturated rings. The van der Waals surface area contributed by atoms with Crippen molar-refractivity contribution >= 4 is 15.9 Å². The highest BCUT2D eigenvalue weighted by molar-refractivity contribution is 9.09. The molecule has 0 aliphatic heterocycles. The van der Waals surface area contributed by atoms with Crippen LogP contribution in [0.2, 0.25) is 0 Å². The molecule has 0 nitrogen and oxygen atoms in total. The van der Waals surface area contributed by atoms with Gasteiger partial charge in [0.25, 0.3) is 0 Å². The van der Waals surface area contributed by atoms with Crippen LogP contribution in [-0.2, 0) is 0 Å². The molecule has 1 saturated carbocycles. The molecule has 0 bridgehead atoms. The van der Waals surface area contributed by atoms with Crippen molar-refractivity contribution in [3.63, 3.8) is 0 Å². The smallest absolute Gasteiger partial charge is 0.0145 e. The van der Waals surface area contributed by atoms with E-state index in [0.29, 0.717) is 0 Å². The molecule has 0 aromatic carbocycles. The van der Waals surface area contributed by atoms with Crippen molar-refractivity contribution < 1.29 is 0 Å². The van der Waals surface area contributed by atoms with Gasteiger partial charge in [-0.25, -0.2) is 0 Å². The van der Waals surface area contributed by atoms with E-state index in [1.165, 1.54) is 32.1 Å². The van der Waals surface area contributed by atoms with Crippen LogP contribution in [0.4, 0.5) is 0 Å². The highest BCUT2D eigenvalue weighted by Gasteiger charge is 2.23. The van der Waals surface area contributed by atoms with Gasteiger partial charge in [0.2, 0.25) is 0 Å². The first-order chi connectivity index (χ1) is 5.24. The average Bonchev–Trinajstić information content (AvgIpc) is 2.05. The molecule has 1 aliphatic rings. The van der Waals surface area contributed by atoms with Gasteiger partial charge in [-0.1, -0.05) is 49.0 Å². The fraction of sp³-hybridized carbons (Fsp3) is 1.00. The topological polar surface area (TPSA) is 0 Å². The van der Waals surface area contributed by atoms with Crippen molar-refractivity contribution in [3.05, 3.63) is 0 Å². The van der Waals surface area contributed by atoms with Crippen molar-refractivity contribution in [2.24, 2.45) is 11.8 Å². The summed E-state index contributed by atoms with van der Waals surface area (Å²) in [7, 11) is 0. The minimum atomic E-state index is 0.733. The van der Waals surface area contributed by atoms with Gasteiger partial charge in [-0.05, 0) is 24.7 Å². The van der Waals surface area contributed by atoms with E-state index in [0.717, 1.165) is 16.7 Å². The zero-order chi connectivity index (χ0) is 8.27. The van der Waals surface area contributed by atoms with Gasteiger partial charge in [0.05, 0.1) is 0 Å². The lowest BCUT2D eigenvalue weighted by atomic mass is 9.79. The van der Waals surface area contributed by atoms with Gasteiger partial charge >= 0.3 is 0 Å². The first kappa shape index (κ1) is 9.57. The molecule has 1 heteroatoms. The van der Waals surface area contributed by atoms with Gasteiger partial charge in [0.15, 0.2) is 0 Å². The molecule has 0 aromatic heterocycles. The van der Waals surface area contributed by atoms with Crippen LogP contribution >= 0.6 is 15.9 Å². The highest BCUT2D eigenvalue weighted by Crippen LogP contribution is 2.34. The molecule has 0 heterocycles. The van der Waals surface area contributed by atoms with Gasteiger partial charge in [-0.3, -0.25) is 0 Å². The molecule has 0 saturated heterocycles. The Bertz CT molecular complexity index is 109. The summed E-state index contributed by atoms with van der Waals surface area (Å²) in [5, 5.41) is 0. The number of halogens is 1. The van der Waals surface area contributed by atoms with E-state index in [1.54, 1.807) is 0 Å². The fourth-order valence-electron chi connectivity index (χ4n) is 2.12. The van der Waals surface area contributed by atoms with E-state index in [9.17, 15) is 0 Å². The summed E-state index contributed by atoms with van der Waals surface area (Å²) in [6, 6.07) is 0. The van der Waals surface area contributed by atoms with Crippen molar-refractivity contribution in [2.75, 3.05) is 0 Å². The van der Waals surface area contributed by atoms with Crippen LogP contribution in [0.25, 0.3) is 0 Å². The second kappa shape index (κ2) is 4.49. The second-order valence-electron chi connectivity index (χ2n) is 3.88. The van der Waals surface area contributed by atoms with Gasteiger partial charge in [-0.15, -0.1) is 0 Å². The molecule has 0 radical (unpaired) electrons. The maximum atomic E-state index is 3.69. The number of hydrogen-bond acceptors (Lipinski definition) is 0. The Morgan fingerprint density at radius 1 is 1.45 bits per heavy atom. The van der Waals surface area contributed by atoms with Crippen LogP contribution in [0.5, 0.6) is 0 Å². The van der Waals surface area contributed by atoms with E-state index in [4.69, 9.17) is 0 Å². The maximum absolute atomic E-state index is 3.69. The second-order valence-corrected chi connectivity index (χ2v) is 5.32. The van der Waals surface area contributed by atoms with Crippen LogP contribution < -0.4 is 0 Å². The quantitative estimate of drug-likeness (QED) is 0.616. The van der Waals surface area contributed by atoms with Gasteiger partial charge in [0, 0.05) is 4.83 Å². The minimum absolute atomic E-state index is 0.733. The molecular weight excluding hydrogens is 200 g/mol. The van der Waals surface area contributed by atoms with E-state index < -0.39 is 0 Å². The molecule has 11 heavy (non-hydrogen) atoms. The van der Waals surface area contributed by atoms with Crippen molar-refractivity contribution in [1.29, 1.82) is 0 Å². The van der Waals surface area contributed by atoms with E-state index in [2.05, 4.69) is 29.8 Å². The van der Waals surface area contributed by atoms with Crippen LogP contribution in [0.15, 0.2) is 0 Å². The van der Waals surface area contributed by atoms with Crippen molar-refractivity contribution in [1.82, 2.24) is 0 Å². The third-order valence-electron chi connectivity index (χ3n) is 3.05. The van der Waals surface area contributed by atoms with Crippen LogP contribution in [-0.4, -0.2) is 4.83 Å². The van der Waals surface area contributed by atoms with Crippen molar-refractivity contribution in [2.45, 2.75) is 50.8 Å². The average molecular weight is 219 g/mol. The third-order valence-corrected chi connectivity index (χ3v) is 3.80. The SMILES string of the molecule is CCC1CCCC(C(C)Br)C1. The van der Waals surface area contributed by atoms with E-state index in [1.807, 2.05) is 0 Å². The van der Waals surface area contributed by atoms with Gasteiger partial charge in [-0.2, -0.15) is 0 Å². The molecular formula is C10H19Br. The Kier molecular flexibility index (Phi) is 3.91.